The largest absolute Gasteiger partial charge is 0.411 e. The summed E-state index contributed by atoms with van der Waals surface area (Å²) in [5, 5.41) is 11.2. The van der Waals surface area contributed by atoms with Gasteiger partial charge in [0.05, 0.1) is 5.75 Å². The highest BCUT2D eigenvalue weighted by Gasteiger charge is 2.15. The third-order valence-corrected chi connectivity index (χ3v) is 5.37. The molecule has 3 rings (SSSR count). The van der Waals surface area contributed by atoms with Gasteiger partial charge in [-0.05, 0) is 28.7 Å². The number of thioether (sulfide) groups is 1. The molecule has 0 saturated carbocycles. The molecule has 0 saturated heterocycles. The first-order valence-electron chi connectivity index (χ1n) is 9.66. The Balaban J connectivity index is 1.57. The van der Waals surface area contributed by atoms with Crippen molar-refractivity contribution in [2.24, 2.45) is 0 Å². The molecule has 0 aliphatic rings. The van der Waals surface area contributed by atoms with Crippen LogP contribution in [0.4, 0.5) is 0 Å². The normalized spacial score (nSPS) is 11.3. The zero-order valence-electron chi connectivity index (χ0n) is 17.6. The molecule has 0 aliphatic carbocycles. The molecule has 7 heteroatoms. The summed E-state index contributed by atoms with van der Waals surface area (Å²) >= 11 is 1.22. The van der Waals surface area contributed by atoms with E-state index in [1.807, 2.05) is 24.3 Å². The number of carbonyl (C=O) groups is 2. The fourth-order valence-corrected chi connectivity index (χ4v) is 3.40. The molecule has 0 spiro atoms. The summed E-state index contributed by atoms with van der Waals surface area (Å²) in [5.41, 5.74) is 3.70. The summed E-state index contributed by atoms with van der Waals surface area (Å²) in [4.78, 5) is 23.4. The molecule has 3 aromatic rings. The van der Waals surface area contributed by atoms with Gasteiger partial charge in [-0.1, -0.05) is 68.9 Å². The van der Waals surface area contributed by atoms with Gasteiger partial charge >= 0.3 is 0 Å². The molecule has 2 aromatic carbocycles. The Bertz CT molecular complexity index is 1020. The molecule has 1 N–H and O–H groups in total. The van der Waals surface area contributed by atoms with Crippen molar-refractivity contribution in [1.29, 1.82) is 0 Å². The van der Waals surface area contributed by atoms with E-state index < -0.39 is 0 Å². The maximum atomic E-state index is 12.4. The summed E-state index contributed by atoms with van der Waals surface area (Å²) < 4.78 is 5.70. The molecule has 30 heavy (non-hydrogen) atoms. The van der Waals surface area contributed by atoms with Gasteiger partial charge in [-0.25, -0.2) is 0 Å². The summed E-state index contributed by atoms with van der Waals surface area (Å²) in [7, 11) is 0. The number of hydrogen-bond acceptors (Lipinski definition) is 6. The molecule has 6 nitrogen and oxygen atoms in total. The maximum absolute atomic E-state index is 12.4. The van der Waals surface area contributed by atoms with Crippen molar-refractivity contribution in [2.75, 3.05) is 5.75 Å². The van der Waals surface area contributed by atoms with E-state index in [4.69, 9.17) is 4.42 Å². The lowest BCUT2D eigenvalue weighted by Gasteiger charge is -2.18. The molecular formula is C23H25N3O3S. The zero-order valence-corrected chi connectivity index (χ0v) is 18.4. The maximum Gasteiger partial charge on any atom is 0.277 e. The van der Waals surface area contributed by atoms with Crippen LogP contribution in [0.1, 0.15) is 49.2 Å². The third kappa shape index (κ3) is 5.79. The van der Waals surface area contributed by atoms with E-state index in [0.717, 1.165) is 11.1 Å². The molecule has 0 atom stereocenters. The smallest absolute Gasteiger partial charge is 0.277 e. The molecule has 1 heterocycles. The molecule has 0 unspecified atom stereocenters. The number of carbonyl (C=O) groups excluding carboxylic acids is 2. The van der Waals surface area contributed by atoms with Gasteiger partial charge in [0.25, 0.3) is 5.22 Å². The Labute approximate surface area is 180 Å². The van der Waals surface area contributed by atoms with Crippen LogP contribution in [-0.2, 0) is 16.8 Å². The predicted octanol–water partition coefficient (Wildman–Crippen LogP) is 4.65. The molecule has 1 aromatic heterocycles. The molecule has 0 bridgehead atoms. The quantitative estimate of drug-likeness (QED) is 0.440. The lowest BCUT2D eigenvalue weighted by atomic mass is 9.87. The Morgan fingerprint density at radius 2 is 1.67 bits per heavy atom. The average molecular weight is 424 g/mol. The zero-order chi connectivity index (χ0) is 21.7. The monoisotopic (exact) mass is 423 g/mol. The van der Waals surface area contributed by atoms with Crippen LogP contribution in [0.3, 0.4) is 0 Å². The number of ketones is 1. The van der Waals surface area contributed by atoms with Crippen molar-refractivity contribution in [2.45, 2.75) is 44.9 Å². The lowest BCUT2D eigenvalue weighted by molar-refractivity contribution is -0.119. The number of rotatable bonds is 7. The van der Waals surface area contributed by atoms with E-state index in [1.54, 1.807) is 12.1 Å². The fraction of sp³-hybridized carbons (Fsp3) is 0.304. The van der Waals surface area contributed by atoms with Gasteiger partial charge < -0.3 is 9.73 Å². The molecule has 0 aliphatic heterocycles. The standard InChI is InChI=1S/C23H25N3O3S/c1-15(27)24-13-16-5-7-17(8-6-16)20(28)14-30-22-26-25-21(29-22)18-9-11-19(12-10-18)23(2,3)4/h5-12H,13-14H2,1-4H3,(H,24,27). The van der Waals surface area contributed by atoms with Crippen LogP contribution in [0.5, 0.6) is 0 Å². The van der Waals surface area contributed by atoms with Gasteiger partial charge in [0.15, 0.2) is 5.78 Å². The van der Waals surface area contributed by atoms with Crippen molar-refractivity contribution in [1.82, 2.24) is 15.5 Å². The van der Waals surface area contributed by atoms with Gasteiger partial charge in [0.2, 0.25) is 11.8 Å². The van der Waals surface area contributed by atoms with Gasteiger partial charge in [-0.2, -0.15) is 0 Å². The van der Waals surface area contributed by atoms with E-state index in [-0.39, 0.29) is 22.9 Å². The van der Waals surface area contributed by atoms with Crippen LogP contribution < -0.4 is 5.32 Å². The van der Waals surface area contributed by atoms with Gasteiger partial charge in [0.1, 0.15) is 0 Å². The molecule has 0 fully saturated rings. The number of hydrogen-bond donors (Lipinski definition) is 1. The highest BCUT2D eigenvalue weighted by Crippen LogP contribution is 2.27. The van der Waals surface area contributed by atoms with Crippen LogP contribution >= 0.6 is 11.8 Å². The second-order valence-electron chi connectivity index (χ2n) is 8.02. The van der Waals surface area contributed by atoms with Crippen molar-refractivity contribution in [3.63, 3.8) is 0 Å². The van der Waals surface area contributed by atoms with Crippen LogP contribution in [0.25, 0.3) is 11.5 Å². The summed E-state index contributed by atoms with van der Waals surface area (Å²) in [6.07, 6.45) is 0. The number of aromatic nitrogens is 2. The molecule has 1 amide bonds. The van der Waals surface area contributed by atoms with E-state index in [2.05, 4.69) is 48.4 Å². The molecule has 0 radical (unpaired) electrons. The van der Waals surface area contributed by atoms with E-state index in [0.29, 0.717) is 23.2 Å². The Morgan fingerprint density at radius 1 is 1.00 bits per heavy atom. The number of nitrogens with one attached hydrogen (secondary N) is 1. The van der Waals surface area contributed by atoms with Crippen molar-refractivity contribution >= 4 is 23.5 Å². The van der Waals surface area contributed by atoms with E-state index in [1.165, 1.54) is 24.2 Å². The number of Topliss-reactive ketones (excluding diaryl/α,β-unsaturated/α-hetero) is 1. The number of benzene rings is 2. The van der Waals surface area contributed by atoms with Gasteiger partial charge in [-0.15, -0.1) is 10.2 Å². The molecular weight excluding hydrogens is 398 g/mol. The lowest BCUT2D eigenvalue weighted by Crippen LogP contribution is -2.18. The second-order valence-corrected chi connectivity index (χ2v) is 8.95. The first kappa shape index (κ1) is 21.8. The average Bonchev–Trinajstić information content (AvgIpc) is 3.19. The summed E-state index contributed by atoms with van der Waals surface area (Å²) in [6.45, 7) is 8.41. The highest BCUT2D eigenvalue weighted by molar-refractivity contribution is 7.99. The highest BCUT2D eigenvalue weighted by atomic mass is 32.2. The third-order valence-electron chi connectivity index (χ3n) is 4.55. The van der Waals surface area contributed by atoms with E-state index in [9.17, 15) is 9.59 Å². The van der Waals surface area contributed by atoms with Gasteiger partial charge in [-0.3, -0.25) is 9.59 Å². The minimum absolute atomic E-state index is 0.0274. The minimum atomic E-state index is -0.0874. The SMILES string of the molecule is CC(=O)NCc1ccc(C(=O)CSc2nnc(-c3ccc(C(C)(C)C)cc3)o2)cc1. The Morgan fingerprint density at radius 3 is 2.27 bits per heavy atom. The first-order chi connectivity index (χ1) is 14.2. The van der Waals surface area contributed by atoms with Crippen LogP contribution in [0.15, 0.2) is 58.2 Å². The van der Waals surface area contributed by atoms with Gasteiger partial charge in [0, 0.05) is 24.6 Å². The van der Waals surface area contributed by atoms with Crippen LogP contribution in [0.2, 0.25) is 0 Å². The number of nitrogens with zero attached hydrogens (tertiary/aromatic N) is 2. The fourth-order valence-electron chi connectivity index (χ4n) is 2.74. The van der Waals surface area contributed by atoms with Crippen molar-refractivity contribution in [3.8, 4) is 11.5 Å². The molecule has 156 valence electrons. The first-order valence-corrected chi connectivity index (χ1v) is 10.6. The van der Waals surface area contributed by atoms with Crippen LogP contribution in [0, 0.1) is 0 Å². The number of amides is 1. The summed E-state index contributed by atoms with van der Waals surface area (Å²) in [6, 6.07) is 15.2. The Hall–Kier alpha value is -2.93. The second kappa shape index (κ2) is 9.26. The Kier molecular flexibility index (Phi) is 6.72. The summed E-state index contributed by atoms with van der Waals surface area (Å²) in [5.74, 6) is 0.527. The minimum Gasteiger partial charge on any atom is -0.411 e. The topological polar surface area (TPSA) is 85.1 Å². The predicted molar refractivity (Wildman–Crippen MR) is 117 cm³/mol. The van der Waals surface area contributed by atoms with Crippen LogP contribution in [-0.4, -0.2) is 27.6 Å². The van der Waals surface area contributed by atoms with Crippen molar-refractivity contribution in [3.05, 3.63) is 65.2 Å². The van der Waals surface area contributed by atoms with E-state index >= 15 is 0 Å². The van der Waals surface area contributed by atoms with Crippen molar-refractivity contribution < 1.29 is 14.0 Å².